The summed E-state index contributed by atoms with van der Waals surface area (Å²) in [5.74, 6) is 3.89. The van der Waals surface area contributed by atoms with E-state index in [9.17, 15) is 17.6 Å². The molecule has 0 radical (unpaired) electrons. The van der Waals surface area contributed by atoms with Gasteiger partial charge in [0.15, 0.2) is 0 Å². The Hall–Kier alpha value is -1.63. The highest BCUT2D eigenvalue weighted by Gasteiger charge is 2.34. The Morgan fingerprint density at radius 2 is 2.06 bits per heavy atom. The summed E-state index contributed by atoms with van der Waals surface area (Å²) >= 11 is 0. The van der Waals surface area contributed by atoms with Gasteiger partial charge in [-0.05, 0) is 25.1 Å². The lowest BCUT2D eigenvalue weighted by atomic mass is 10.1. The van der Waals surface area contributed by atoms with Gasteiger partial charge < -0.3 is 5.43 Å². The molecule has 3 N–H and O–H groups in total. The molecule has 0 aliphatic carbocycles. The first kappa shape index (κ1) is 13.4. The maximum absolute atomic E-state index is 13.0. The molecular formula is C10H11F4N3. The van der Waals surface area contributed by atoms with E-state index in [0.717, 1.165) is 6.07 Å². The van der Waals surface area contributed by atoms with E-state index in [-0.39, 0.29) is 11.4 Å². The maximum atomic E-state index is 13.0. The van der Waals surface area contributed by atoms with Gasteiger partial charge in [-0.25, -0.2) is 10.2 Å². The Morgan fingerprint density at radius 3 is 2.53 bits per heavy atom. The smallest absolute Gasteiger partial charge is 0.308 e. The van der Waals surface area contributed by atoms with Gasteiger partial charge in [-0.15, -0.1) is 0 Å². The van der Waals surface area contributed by atoms with Gasteiger partial charge in [0.05, 0.1) is 5.56 Å². The van der Waals surface area contributed by atoms with Crippen LogP contribution in [0.2, 0.25) is 0 Å². The summed E-state index contributed by atoms with van der Waals surface area (Å²) in [5.41, 5.74) is 0.925. The Labute approximate surface area is 95.3 Å². The minimum atomic E-state index is -4.74. The molecule has 94 valence electrons. The Balaban J connectivity index is 3.25. The van der Waals surface area contributed by atoms with E-state index >= 15 is 0 Å². The molecule has 0 saturated heterocycles. The van der Waals surface area contributed by atoms with Crippen LogP contribution in [0.1, 0.15) is 18.1 Å². The van der Waals surface area contributed by atoms with Crippen molar-refractivity contribution in [3.8, 4) is 0 Å². The first-order valence-electron chi connectivity index (χ1n) is 4.78. The van der Waals surface area contributed by atoms with Gasteiger partial charge in [-0.2, -0.15) is 13.2 Å². The third-order valence-corrected chi connectivity index (χ3v) is 2.00. The van der Waals surface area contributed by atoms with Gasteiger partial charge in [0.25, 0.3) is 0 Å². The van der Waals surface area contributed by atoms with E-state index in [0.29, 0.717) is 12.6 Å². The lowest BCUT2D eigenvalue weighted by Gasteiger charge is -2.11. The second-order valence-electron chi connectivity index (χ2n) is 3.16. The van der Waals surface area contributed by atoms with Crippen molar-refractivity contribution < 1.29 is 17.6 Å². The number of rotatable bonds is 2. The quantitative estimate of drug-likeness (QED) is 0.277. The van der Waals surface area contributed by atoms with E-state index in [4.69, 9.17) is 5.84 Å². The van der Waals surface area contributed by atoms with E-state index in [1.807, 2.05) is 0 Å². The third-order valence-electron chi connectivity index (χ3n) is 2.00. The first-order chi connectivity index (χ1) is 7.90. The molecular weight excluding hydrogens is 238 g/mol. The van der Waals surface area contributed by atoms with Crippen molar-refractivity contribution in [1.29, 1.82) is 0 Å². The molecule has 1 rings (SSSR count). The Bertz CT molecular complexity index is 426. The van der Waals surface area contributed by atoms with Gasteiger partial charge in [-0.3, -0.25) is 4.99 Å². The molecule has 0 amide bonds. The van der Waals surface area contributed by atoms with Crippen LogP contribution in [-0.2, 0) is 6.18 Å². The SMILES string of the molecule is CCN=C(NN)c1ccc(F)c(C(F)(F)F)c1. The first-order valence-corrected chi connectivity index (χ1v) is 4.78. The number of halogens is 4. The van der Waals surface area contributed by atoms with E-state index in [2.05, 4.69) is 10.4 Å². The number of hydrogen-bond acceptors (Lipinski definition) is 2. The zero-order valence-electron chi connectivity index (χ0n) is 8.98. The van der Waals surface area contributed by atoms with Crippen molar-refractivity contribution in [1.82, 2.24) is 5.43 Å². The summed E-state index contributed by atoms with van der Waals surface area (Å²) in [6.45, 7) is 2.05. The predicted molar refractivity (Wildman–Crippen MR) is 55.8 cm³/mol. The number of nitrogens with zero attached hydrogens (tertiary/aromatic N) is 1. The van der Waals surface area contributed by atoms with Crippen molar-refractivity contribution in [3.63, 3.8) is 0 Å². The number of nitrogens with two attached hydrogens (primary N) is 1. The highest BCUT2D eigenvalue weighted by molar-refractivity contribution is 5.98. The fourth-order valence-corrected chi connectivity index (χ4v) is 1.27. The summed E-state index contributed by atoms with van der Waals surface area (Å²) in [5, 5.41) is 0. The molecule has 0 atom stereocenters. The molecule has 0 fully saturated rings. The molecule has 1 aromatic carbocycles. The topological polar surface area (TPSA) is 50.4 Å². The molecule has 0 unspecified atom stereocenters. The highest BCUT2D eigenvalue weighted by Crippen LogP contribution is 2.31. The summed E-state index contributed by atoms with van der Waals surface area (Å²) in [6.07, 6.45) is -4.74. The molecule has 17 heavy (non-hydrogen) atoms. The summed E-state index contributed by atoms with van der Waals surface area (Å²) in [6, 6.07) is 2.59. The number of aliphatic imine (C=N–C) groups is 1. The molecule has 3 nitrogen and oxygen atoms in total. The van der Waals surface area contributed by atoms with Gasteiger partial charge >= 0.3 is 6.18 Å². The van der Waals surface area contributed by atoms with Crippen LogP contribution in [0.15, 0.2) is 23.2 Å². The van der Waals surface area contributed by atoms with Crippen LogP contribution < -0.4 is 11.3 Å². The maximum Gasteiger partial charge on any atom is 0.419 e. The fourth-order valence-electron chi connectivity index (χ4n) is 1.27. The lowest BCUT2D eigenvalue weighted by molar-refractivity contribution is -0.140. The minimum Gasteiger partial charge on any atom is -0.308 e. The average Bonchev–Trinajstić information content (AvgIpc) is 2.25. The van der Waals surface area contributed by atoms with E-state index < -0.39 is 17.6 Å². The van der Waals surface area contributed by atoms with Crippen LogP contribution in [0.4, 0.5) is 17.6 Å². The summed E-state index contributed by atoms with van der Waals surface area (Å²) in [4.78, 5) is 3.86. The normalized spacial score (nSPS) is 12.7. The molecule has 0 aromatic heterocycles. The standard InChI is InChI=1S/C10H11F4N3/c1-2-16-9(17-15)6-3-4-8(11)7(5-6)10(12,13)14/h3-5H,2,15H2,1H3,(H,16,17). The number of hydrazine groups is 1. The predicted octanol–water partition coefficient (Wildman–Crippen LogP) is 2.07. The Morgan fingerprint density at radius 1 is 1.41 bits per heavy atom. The zero-order chi connectivity index (χ0) is 13.1. The van der Waals surface area contributed by atoms with E-state index in [1.165, 1.54) is 6.07 Å². The molecule has 1 aromatic rings. The van der Waals surface area contributed by atoms with Gasteiger partial charge in [-0.1, -0.05) is 0 Å². The molecule has 0 spiro atoms. The molecule has 0 bridgehead atoms. The number of benzene rings is 1. The summed E-state index contributed by atoms with van der Waals surface area (Å²) in [7, 11) is 0. The van der Waals surface area contributed by atoms with Crippen LogP contribution in [-0.4, -0.2) is 12.4 Å². The second-order valence-corrected chi connectivity index (χ2v) is 3.16. The van der Waals surface area contributed by atoms with Crippen LogP contribution in [0.25, 0.3) is 0 Å². The molecule has 0 aliphatic rings. The fraction of sp³-hybridized carbons (Fsp3) is 0.300. The molecule has 0 aliphatic heterocycles. The van der Waals surface area contributed by atoms with Crippen LogP contribution in [0, 0.1) is 5.82 Å². The van der Waals surface area contributed by atoms with Crippen molar-refractivity contribution in [2.24, 2.45) is 10.8 Å². The number of amidine groups is 1. The van der Waals surface area contributed by atoms with Crippen molar-refractivity contribution >= 4 is 5.84 Å². The monoisotopic (exact) mass is 249 g/mol. The van der Waals surface area contributed by atoms with Crippen LogP contribution >= 0.6 is 0 Å². The molecule has 0 saturated carbocycles. The second kappa shape index (κ2) is 5.13. The number of nitrogens with one attached hydrogen (secondary N) is 1. The summed E-state index contributed by atoms with van der Waals surface area (Å²) < 4.78 is 50.4. The lowest BCUT2D eigenvalue weighted by Crippen LogP contribution is -2.31. The Kier molecular flexibility index (Phi) is 4.06. The zero-order valence-corrected chi connectivity index (χ0v) is 8.98. The van der Waals surface area contributed by atoms with Crippen molar-refractivity contribution in [2.75, 3.05) is 6.54 Å². The molecule has 7 heteroatoms. The molecule has 0 heterocycles. The number of hydrogen-bond donors (Lipinski definition) is 2. The van der Waals surface area contributed by atoms with Crippen molar-refractivity contribution in [2.45, 2.75) is 13.1 Å². The van der Waals surface area contributed by atoms with Gasteiger partial charge in [0.1, 0.15) is 11.7 Å². The van der Waals surface area contributed by atoms with Crippen molar-refractivity contribution in [3.05, 3.63) is 35.1 Å². The average molecular weight is 249 g/mol. The van der Waals surface area contributed by atoms with Gasteiger partial charge in [0.2, 0.25) is 0 Å². The highest BCUT2D eigenvalue weighted by atomic mass is 19.4. The van der Waals surface area contributed by atoms with E-state index in [1.54, 1.807) is 6.92 Å². The van der Waals surface area contributed by atoms with Crippen LogP contribution in [0.3, 0.4) is 0 Å². The minimum absolute atomic E-state index is 0.0815. The van der Waals surface area contributed by atoms with Gasteiger partial charge in [0, 0.05) is 12.1 Å². The number of alkyl halides is 3. The third kappa shape index (κ3) is 3.16. The van der Waals surface area contributed by atoms with Crippen LogP contribution in [0.5, 0.6) is 0 Å². The largest absolute Gasteiger partial charge is 0.419 e.